The molecule has 3 heteroatoms. The zero-order valence-corrected chi connectivity index (χ0v) is 6.89. The van der Waals surface area contributed by atoms with Gasteiger partial charge in [-0.1, -0.05) is 5.92 Å². The molecule has 0 saturated carbocycles. The summed E-state index contributed by atoms with van der Waals surface area (Å²) in [6.07, 6.45) is 0. The first-order valence-corrected chi connectivity index (χ1v) is 3.71. The first kappa shape index (κ1) is 8.03. The molecular formula is C8H7ClN2. The number of hydrogen-bond acceptors (Lipinski definition) is 2. The van der Waals surface area contributed by atoms with Crippen molar-refractivity contribution in [2.75, 3.05) is 5.88 Å². The number of aryl methyl sites for hydroxylation is 1. The van der Waals surface area contributed by atoms with Crippen molar-refractivity contribution in [1.29, 1.82) is 0 Å². The molecule has 0 aliphatic rings. The highest BCUT2D eigenvalue weighted by Gasteiger charge is 1.87. The molecule has 2 nitrogen and oxygen atoms in total. The Kier molecular flexibility index (Phi) is 2.88. The number of halogens is 1. The normalized spacial score (nSPS) is 8.55. The molecule has 1 rings (SSSR count). The van der Waals surface area contributed by atoms with E-state index in [-0.39, 0.29) is 0 Å². The van der Waals surface area contributed by atoms with E-state index >= 15 is 0 Å². The van der Waals surface area contributed by atoms with Gasteiger partial charge in [0, 0.05) is 0 Å². The van der Waals surface area contributed by atoms with Crippen molar-refractivity contribution in [3.05, 3.63) is 23.5 Å². The molecule has 0 aromatic carbocycles. The van der Waals surface area contributed by atoms with Crippen molar-refractivity contribution in [3.8, 4) is 11.8 Å². The predicted octanol–water partition coefficient (Wildman–Crippen LogP) is 1.38. The highest BCUT2D eigenvalue weighted by atomic mass is 35.5. The van der Waals surface area contributed by atoms with Crippen LogP contribution in [0.15, 0.2) is 12.1 Å². The maximum absolute atomic E-state index is 5.36. The Bertz CT molecular complexity index is 281. The van der Waals surface area contributed by atoms with E-state index in [2.05, 4.69) is 22.0 Å². The zero-order valence-electron chi connectivity index (χ0n) is 6.13. The van der Waals surface area contributed by atoms with Crippen LogP contribution in [0, 0.1) is 18.8 Å². The quantitative estimate of drug-likeness (QED) is 0.430. The highest BCUT2D eigenvalue weighted by Crippen LogP contribution is 1.91. The minimum Gasteiger partial charge on any atom is -0.155 e. The summed E-state index contributed by atoms with van der Waals surface area (Å²) in [6, 6.07) is 3.69. The molecule has 0 atom stereocenters. The summed E-state index contributed by atoms with van der Waals surface area (Å²) in [4.78, 5) is 0. The van der Waals surface area contributed by atoms with Crippen molar-refractivity contribution < 1.29 is 0 Å². The Hall–Kier alpha value is -1.07. The lowest BCUT2D eigenvalue weighted by atomic mass is 10.3. The summed E-state index contributed by atoms with van der Waals surface area (Å²) in [6.45, 7) is 1.88. The lowest BCUT2D eigenvalue weighted by molar-refractivity contribution is 0.967. The van der Waals surface area contributed by atoms with Gasteiger partial charge in [0.15, 0.2) is 0 Å². The third-order valence-corrected chi connectivity index (χ3v) is 1.21. The molecule has 0 unspecified atom stereocenters. The minimum absolute atomic E-state index is 0.329. The van der Waals surface area contributed by atoms with E-state index in [0.29, 0.717) is 11.6 Å². The molecule has 1 heterocycles. The van der Waals surface area contributed by atoms with E-state index in [1.165, 1.54) is 0 Å². The van der Waals surface area contributed by atoms with Crippen LogP contribution in [0.3, 0.4) is 0 Å². The molecule has 0 radical (unpaired) electrons. The third-order valence-electron chi connectivity index (χ3n) is 1.08. The van der Waals surface area contributed by atoms with Crippen molar-refractivity contribution in [1.82, 2.24) is 10.2 Å². The van der Waals surface area contributed by atoms with Crippen LogP contribution in [-0.4, -0.2) is 16.1 Å². The Morgan fingerprint density at radius 2 is 2.27 bits per heavy atom. The van der Waals surface area contributed by atoms with Gasteiger partial charge in [-0.05, 0) is 25.0 Å². The first-order valence-electron chi connectivity index (χ1n) is 3.18. The van der Waals surface area contributed by atoms with Crippen molar-refractivity contribution in [3.63, 3.8) is 0 Å². The molecule has 0 aliphatic heterocycles. The average Bonchev–Trinajstić information content (AvgIpc) is 2.04. The van der Waals surface area contributed by atoms with E-state index in [0.717, 1.165) is 5.69 Å². The van der Waals surface area contributed by atoms with E-state index in [1.54, 1.807) is 0 Å². The van der Waals surface area contributed by atoms with Crippen LogP contribution in [0.1, 0.15) is 11.4 Å². The summed E-state index contributed by atoms with van der Waals surface area (Å²) in [5.41, 5.74) is 1.55. The fourth-order valence-corrected chi connectivity index (χ4v) is 0.656. The van der Waals surface area contributed by atoms with Gasteiger partial charge in [-0.25, -0.2) is 0 Å². The standard InChI is InChI=1S/C8H7ClN2/c1-7-4-5-8(11-10-7)3-2-6-9/h4-5H,6H2,1H3. The van der Waals surface area contributed by atoms with Crippen LogP contribution >= 0.6 is 11.6 Å². The van der Waals surface area contributed by atoms with Crippen molar-refractivity contribution in [2.24, 2.45) is 0 Å². The number of hydrogen-bond donors (Lipinski definition) is 0. The largest absolute Gasteiger partial charge is 0.155 e. The molecule has 56 valence electrons. The number of alkyl halides is 1. The Morgan fingerprint density at radius 1 is 1.45 bits per heavy atom. The number of aromatic nitrogens is 2. The van der Waals surface area contributed by atoms with Gasteiger partial charge in [0.05, 0.1) is 11.6 Å². The summed E-state index contributed by atoms with van der Waals surface area (Å²) < 4.78 is 0. The first-order chi connectivity index (χ1) is 5.33. The van der Waals surface area contributed by atoms with E-state index in [4.69, 9.17) is 11.6 Å². The molecule has 0 spiro atoms. The van der Waals surface area contributed by atoms with Gasteiger partial charge in [0.2, 0.25) is 0 Å². The van der Waals surface area contributed by atoms with Crippen molar-refractivity contribution in [2.45, 2.75) is 6.92 Å². The zero-order chi connectivity index (χ0) is 8.10. The topological polar surface area (TPSA) is 25.8 Å². The molecule has 11 heavy (non-hydrogen) atoms. The molecule has 0 fully saturated rings. The van der Waals surface area contributed by atoms with Gasteiger partial charge in [-0.15, -0.1) is 16.7 Å². The van der Waals surface area contributed by atoms with E-state index < -0.39 is 0 Å². The second-order valence-electron chi connectivity index (χ2n) is 2.00. The van der Waals surface area contributed by atoms with E-state index in [1.807, 2.05) is 19.1 Å². The van der Waals surface area contributed by atoms with Crippen LogP contribution < -0.4 is 0 Å². The minimum atomic E-state index is 0.329. The van der Waals surface area contributed by atoms with Crippen LogP contribution in [0.2, 0.25) is 0 Å². The second kappa shape index (κ2) is 3.95. The predicted molar refractivity (Wildman–Crippen MR) is 44.4 cm³/mol. The lowest BCUT2D eigenvalue weighted by Gasteiger charge is -1.88. The summed E-state index contributed by atoms with van der Waals surface area (Å²) >= 11 is 5.36. The number of nitrogens with zero attached hydrogens (tertiary/aromatic N) is 2. The Balaban J connectivity index is 2.82. The van der Waals surface area contributed by atoms with Crippen LogP contribution in [0.25, 0.3) is 0 Å². The molecule has 0 aliphatic carbocycles. The monoisotopic (exact) mass is 166 g/mol. The van der Waals surface area contributed by atoms with Gasteiger partial charge in [-0.3, -0.25) is 0 Å². The van der Waals surface area contributed by atoms with E-state index in [9.17, 15) is 0 Å². The molecular weight excluding hydrogens is 160 g/mol. The Morgan fingerprint density at radius 3 is 2.82 bits per heavy atom. The van der Waals surface area contributed by atoms with Gasteiger partial charge >= 0.3 is 0 Å². The molecule has 0 bridgehead atoms. The van der Waals surface area contributed by atoms with Crippen LogP contribution in [-0.2, 0) is 0 Å². The average molecular weight is 167 g/mol. The van der Waals surface area contributed by atoms with Gasteiger partial charge < -0.3 is 0 Å². The maximum atomic E-state index is 5.36. The summed E-state index contributed by atoms with van der Waals surface area (Å²) in [5.74, 6) is 5.79. The van der Waals surface area contributed by atoms with Gasteiger partial charge in [0.1, 0.15) is 5.69 Å². The SMILES string of the molecule is Cc1ccc(C#CCCl)nn1. The van der Waals surface area contributed by atoms with Crippen molar-refractivity contribution >= 4 is 11.6 Å². The molecule has 0 saturated heterocycles. The number of rotatable bonds is 0. The van der Waals surface area contributed by atoms with Gasteiger partial charge in [-0.2, -0.15) is 5.10 Å². The fraction of sp³-hybridized carbons (Fsp3) is 0.250. The molecule has 1 aromatic heterocycles. The summed E-state index contributed by atoms with van der Waals surface area (Å²) in [5, 5.41) is 7.67. The fourth-order valence-electron chi connectivity index (χ4n) is 0.590. The summed E-state index contributed by atoms with van der Waals surface area (Å²) in [7, 11) is 0. The molecule has 1 aromatic rings. The Labute approximate surface area is 70.6 Å². The van der Waals surface area contributed by atoms with Gasteiger partial charge in [0.25, 0.3) is 0 Å². The highest BCUT2D eigenvalue weighted by molar-refractivity contribution is 6.19. The molecule has 0 amide bonds. The maximum Gasteiger partial charge on any atom is 0.135 e. The van der Waals surface area contributed by atoms with Crippen LogP contribution in [0.4, 0.5) is 0 Å². The lowest BCUT2D eigenvalue weighted by Crippen LogP contribution is -1.88. The smallest absolute Gasteiger partial charge is 0.135 e. The molecule has 0 N–H and O–H groups in total. The third kappa shape index (κ3) is 2.57. The van der Waals surface area contributed by atoms with Crippen LogP contribution in [0.5, 0.6) is 0 Å². The second-order valence-corrected chi connectivity index (χ2v) is 2.26.